The monoisotopic (exact) mass is 199 g/mol. The summed E-state index contributed by atoms with van der Waals surface area (Å²) >= 11 is 0. The molecular weight excluding hydrogens is 178 g/mol. The van der Waals surface area contributed by atoms with Crippen LogP contribution in [0.1, 0.15) is 40.0 Å². The highest BCUT2D eigenvalue weighted by atomic mass is 16.6. The van der Waals surface area contributed by atoms with E-state index in [0.29, 0.717) is 12.5 Å². The summed E-state index contributed by atoms with van der Waals surface area (Å²) in [6, 6.07) is 0.590. The second kappa shape index (κ2) is 4.30. The van der Waals surface area contributed by atoms with Gasteiger partial charge in [-0.15, -0.1) is 0 Å². The Morgan fingerprint density at radius 3 is 2.57 bits per heavy atom. The molecule has 1 atom stereocenters. The third-order valence-electron chi connectivity index (χ3n) is 2.98. The van der Waals surface area contributed by atoms with E-state index in [4.69, 9.17) is 4.74 Å². The summed E-state index contributed by atoms with van der Waals surface area (Å²) in [5.41, 5.74) is -0.158. The number of carbonyl (C=O) groups excluding carboxylic acids is 1. The van der Waals surface area contributed by atoms with Gasteiger partial charge in [0.05, 0.1) is 6.42 Å². The molecule has 1 fully saturated rings. The molecule has 1 aliphatic rings. The van der Waals surface area contributed by atoms with Gasteiger partial charge in [-0.1, -0.05) is 0 Å². The Bertz CT molecular complexity index is 205. The van der Waals surface area contributed by atoms with E-state index in [1.165, 1.54) is 0 Å². The molecule has 3 heteroatoms. The Kier molecular flexibility index (Phi) is 3.53. The van der Waals surface area contributed by atoms with E-state index < -0.39 is 0 Å². The molecule has 1 rings (SSSR count). The van der Waals surface area contributed by atoms with Crippen LogP contribution >= 0.6 is 0 Å². The van der Waals surface area contributed by atoms with E-state index in [0.717, 1.165) is 19.4 Å². The number of hydrogen-bond acceptors (Lipinski definition) is 3. The van der Waals surface area contributed by atoms with Gasteiger partial charge in [0, 0.05) is 6.04 Å². The van der Waals surface area contributed by atoms with Crippen LogP contribution in [0.2, 0.25) is 0 Å². The number of rotatable bonds is 5. The van der Waals surface area contributed by atoms with E-state index in [1.807, 2.05) is 6.92 Å². The lowest BCUT2D eigenvalue weighted by Gasteiger charge is -2.37. The number of nitrogens with zero attached hydrogens (tertiary/aromatic N) is 1. The van der Waals surface area contributed by atoms with Gasteiger partial charge in [0.15, 0.2) is 0 Å². The van der Waals surface area contributed by atoms with Gasteiger partial charge in [-0.2, -0.15) is 0 Å². The summed E-state index contributed by atoms with van der Waals surface area (Å²) in [5.74, 6) is -0.0512. The molecular formula is C11H21NO2. The van der Waals surface area contributed by atoms with Crippen LogP contribution in [0, 0.1) is 0 Å². The summed E-state index contributed by atoms with van der Waals surface area (Å²) in [6.07, 6.45) is 2.67. The molecule has 14 heavy (non-hydrogen) atoms. The predicted molar refractivity (Wildman–Crippen MR) is 56.1 cm³/mol. The fourth-order valence-corrected chi connectivity index (χ4v) is 1.67. The van der Waals surface area contributed by atoms with Crippen molar-refractivity contribution in [2.45, 2.75) is 51.7 Å². The van der Waals surface area contributed by atoms with Crippen LogP contribution in [0.15, 0.2) is 0 Å². The zero-order chi connectivity index (χ0) is 10.8. The van der Waals surface area contributed by atoms with Crippen LogP contribution in [-0.2, 0) is 9.53 Å². The molecule has 82 valence electrons. The lowest BCUT2D eigenvalue weighted by Crippen LogP contribution is -2.45. The minimum atomic E-state index is -0.158. The Hall–Kier alpha value is -0.570. The molecule has 3 nitrogen and oxygen atoms in total. The lowest BCUT2D eigenvalue weighted by molar-refractivity contribution is -0.189. The first kappa shape index (κ1) is 11.5. The molecule has 0 aromatic carbocycles. The molecule has 0 aliphatic carbocycles. The van der Waals surface area contributed by atoms with Crippen LogP contribution in [0.3, 0.4) is 0 Å². The Labute approximate surface area is 86.4 Å². The van der Waals surface area contributed by atoms with Crippen molar-refractivity contribution >= 4 is 5.97 Å². The molecule has 0 bridgehead atoms. The summed E-state index contributed by atoms with van der Waals surface area (Å²) in [4.78, 5) is 13.0. The molecule has 0 aromatic rings. The van der Waals surface area contributed by atoms with E-state index in [9.17, 15) is 4.79 Å². The van der Waals surface area contributed by atoms with Crippen molar-refractivity contribution in [1.82, 2.24) is 4.90 Å². The molecule has 0 amide bonds. The van der Waals surface area contributed by atoms with Crippen LogP contribution < -0.4 is 0 Å². The maximum Gasteiger partial charge on any atom is 0.310 e. The minimum absolute atomic E-state index is 0.0512. The molecule has 0 saturated carbocycles. The van der Waals surface area contributed by atoms with Crippen molar-refractivity contribution in [3.05, 3.63) is 0 Å². The van der Waals surface area contributed by atoms with Crippen molar-refractivity contribution in [3.8, 4) is 0 Å². The highest BCUT2D eigenvalue weighted by Crippen LogP contribution is 2.31. The van der Waals surface area contributed by atoms with Gasteiger partial charge in [0.2, 0.25) is 0 Å². The number of hydrogen-bond donors (Lipinski definition) is 0. The van der Waals surface area contributed by atoms with Gasteiger partial charge in [0.25, 0.3) is 0 Å². The molecule has 0 spiro atoms. The fourth-order valence-electron chi connectivity index (χ4n) is 1.67. The second-order valence-corrected chi connectivity index (χ2v) is 4.78. The maximum absolute atomic E-state index is 10.7. The average molecular weight is 199 g/mol. The zero-order valence-corrected chi connectivity index (χ0v) is 9.67. The minimum Gasteiger partial charge on any atom is -0.459 e. The summed E-state index contributed by atoms with van der Waals surface area (Å²) < 4.78 is 5.11. The molecule has 0 N–H and O–H groups in total. The van der Waals surface area contributed by atoms with Crippen LogP contribution in [0.5, 0.6) is 0 Å². The number of carbonyl (C=O) groups is 1. The molecule has 0 aromatic heterocycles. The lowest BCUT2D eigenvalue weighted by atomic mass is 9.91. The van der Waals surface area contributed by atoms with Crippen LogP contribution in [0.4, 0.5) is 0 Å². The standard InChI is InChI=1S/C11H21NO2/c1-9(2)12(4)7-5-6-11(3)8-10(13)14-11/h9H,5-8H2,1-4H3. The first-order valence-electron chi connectivity index (χ1n) is 5.35. The van der Waals surface area contributed by atoms with E-state index in [1.54, 1.807) is 0 Å². The topological polar surface area (TPSA) is 29.5 Å². The summed E-state index contributed by atoms with van der Waals surface area (Å²) in [5, 5.41) is 0. The van der Waals surface area contributed by atoms with Gasteiger partial charge in [-0.05, 0) is 47.2 Å². The van der Waals surface area contributed by atoms with Gasteiger partial charge in [-0.3, -0.25) is 4.79 Å². The van der Waals surface area contributed by atoms with Gasteiger partial charge in [0.1, 0.15) is 5.60 Å². The SMILES string of the molecule is CC(C)N(C)CCCC1(C)CC(=O)O1. The Balaban J connectivity index is 2.13. The molecule has 1 unspecified atom stereocenters. The number of esters is 1. The van der Waals surface area contributed by atoms with Crippen molar-refractivity contribution < 1.29 is 9.53 Å². The second-order valence-electron chi connectivity index (χ2n) is 4.78. The molecule has 1 heterocycles. The first-order chi connectivity index (χ1) is 6.43. The van der Waals surface area contributed by atoms with Crippen molar-refractivity contribution in [3.63, 3.8) is 0 Å². The normalized spacial score (nSPS) is 26.6. The van der Waals surface area contributed by atoms with Crippen molar-refractivity contribution in [1.29, 1.82) is 0 Å². The average Bonchev–Trinajstić information content (AvgIpc) is 2.01. The summed E-state index contributed by atoms with van der Waals surface area (Å²) in [6.45, 7) is 7.46. The van der Waals surface area contributed by atoms with Crippen LogP contribution in [0.25, 0.3) is 0 Å². The first-order valence-corrected chi connectivity index (χ1v) is 5.35. The largest absolute Gasteiger partial charge is 0.459 e. The number of ether oxygens (including phenoxy) is 1. The predicted octanol–water partition coefficient (Wildman–Crippen LogP) is 1.81. The highest BCUT2D eigenvalue weighted by Gasteiger charge is 2.40. The fraction of sp³-hybridized carbons (Fsp3) is 0.909. The third kappa shape index (κ3) is 2.98. The molecule has 0 radical (unpaired) electrons. The maximum atomic E-state index is 10.7. The molecule has 1 saturated heterocycles. The summed E-state index contributed by atoms with van der Waals surface area (Å²) in [7, 11) is 2.12. The van der Waals surface area contributed by atoms with Crippen molar-refractivity contribution in [2.75, 3.05) is 13.6 Å². The van der Waals surface area contributed by atoms with E-state index in [2.05, 4.69) is 25.8 Å². The van der Waals surface area contributed by atoms with E-state index in [-0.39, 0.29) is 11.6 Å². The highest BCUT2D eigenvalue weighted by molar-refractivity contribution is 5.76. The van der Waals surface area contributed by atoms with Gasteiger partial charge < -0.3 is 9.64 Å². The quantitative estimate of drug-likeness (QED) is 0.632. The Morgan fingerprint density at radius 2 is 2.14 bits per heavy atom. The van der Waals surface area contributed by atoms with Crippen LogP contribution in [-0.4, -0.2) is 36.1 Å². The van der Waals surface area contributed by atoms with Crippen molar-refractivity contribution in [2.24, 2.45) is 0 Å². The molecule has 1 aliphatic heterocycles. The smallest absolute Gasteiger partial charge is 0.310 e. The zero-order valence-electron chi connectivity index (χ0n) is 9.67. The third-order valence-corrected chi connectivity index (χ3v) is 2.98. The van der Waals surface area contributed by atoms with Gasteiger partial charge >= 0.3 is 5.97 Å². The Morgan fingerprint density at radius 1 is 1.57 bits per heavy atom. The van der Waals surface area contributed by atoms with Gasteiger partial charge in [-0.25, -0.2) is 0 Å². The van der Waals surface area contributed by atoms with E-state index >= 15 is 0 Å². The number of cyclic esters (lactones) is 1.